The maximum atomic E-state index is 13.6. The number of hydrogen-bond acceptors (Lipinski definition) is 5. The van der Waals surface area contributed by atoms with Crippen molar-refractivity contribution in [3.8, 4) is 11.5 Å². The number of para-hydroxylation sites is 1. The zero-order chi connectivity index (χ0) is 24.7. The van der Waals surface area contributed by atoms with Crippen LogP contribution in [-0.4, -0.2) is 72.7 Å². The van der Waals surface area contributed by atoms with Crippen LogP contribution in [-0.2, 0) is 20.7 Å². The quantitative estimate of drug-likeness (QED) is 0.565. The van der Waals surface area contributed by atoms with E-state index in [2.05, 4.69) is 11.1 Å². The molecule has 8 heteroatoms. The van der Waals surface area contributed by atoms with E-state index >= 15 is 0 Å². The molecule has 1 fully saturated rings. The molecule has 0 bridgehead atoms. The van der Waals surface area contributed by atoms with Gasteiger partial charge in [-0.2, -0.15) is 0 Å². The fourth-order valence-electron chi connectivity index (χ4n) is 5.27. The number of carbonyl (C=O) groups is 2. The van der Waals surface area contributed by atoms with Gasteiger partial charge < -0.3 is 29.0 Å². The Balaban J connectivity index is 1.65. The largest absolute Gasteiger partial charge is 0.493 e. The normalized spacial score (nSPS) is 19.8. The van der Waals surface area contributed by atoms with Crippen molar-refractivity contribution in [3.63, 3.8) is 0 Å². The third kappa shape index (κ3) is 4.01. The molecule has 2 atom stereocenters. The number of benzene rings is 2. The second kappa shape index (κ2) is 9.26. The second-order valence-corrected chi connectivity index (χ2v) is 9.32. The third-order valence-electron chi connectivity index (χ3n) is 6.77. The smallest absolute Gasteiger partial charge is 0.246 e. The first-order chi connectivity index (χ1) is 16.9. The molecule has 1 N–H and O–H groups in total. The van der Waals surface area contributed by atoms with E-state index in [0.29, 0.717) is 31.1 Å². The molecule has 3 heterocycles. The van der Waals surface area contributed by atoms with Gasteiger partial charge in [-0.25, -0.2) is 0 Å². The SMILES string of the molecule is COCCN1CC(=O)N2C(c3ccc(OC(C)C)c(OC)c3)c3[nH]c4ccccc4c3C[C@H]2C1=O. The molecule has 5 rings (SSSR count). The number of ether oxygens (including phenoxy) is 3. The van der Waals surface area contributed by atoms with Crippen LogP contribution in [0.15, 0.2) is 42.5 Å². The van der Waals surface area contributed by atoms with Crippen LogP contribution in [0, 0.1) is 0 Å². The van der Waals surface area contributed by atoms with E-state index in [9.17, 15) is 9.59 Å². The summed E-state index contributed by atoms with van der Waals surface area (Å²) in [5.41, 5.74) is 3.86. The number of piperazine rings is 1. The van der Waals surface area contributed by atoms with Gasteiger partial charge in [0.05, 0.1) is 32.4 Å². The predicted molar refractivity (Wildman–Crippen MR) is 132 cm³/mol. The first kappa shape index (κ1) is 23.2. The van der Waals surface area contributed by atoms with Gasteiger partial charge in [-0.15, -0.1) is 0 Å². The molecule has 0 spiro atoms. The fourth-order valence-corrected chi connectivity index (χ4v) is 5.27. The zero-order valence-corrected chi connectivity index (χ0v) is 20.5. The molecule has 8 nitrogen and oxygen atoms in total. The van der Waals surface area contributed by atoms with E-state index in [1.54, 1.807) is 24.0 Å². The van der Waals surface area contributed by atoms with Gasteiger partial charge in [0, 0.05) is 36.7 Å². The first-order valence-electron chi connectivity index (χ1n) is 12.0. The molecule has 0 saturated carbocycles. The monoisotopic (exact) mass is 477 g/mol. The Kier molecular flexibility index (Phi) is 6.15. The van der Waals surface area contributed by atoms with Gasteiger partial charge in [-0.1, -0.05) is 24.3 Å². The Labute approximate surface area is 204 Å². The van der Waals surface area contributed by atoms with Crippen molar-refractivity contribution < 1.29 is 23.8 Å². The molecular weight excluding hydrogens is 446 g/mol. The van der Waals surface area contributed by atoms with E-state index in [4.69, 9.17) is 14.2 Å². The summed E-state index contributed by atoms with van der Waals surface area (Å²) in [6.07, 6.45) is 0.462. The number of nitrogens with zero attached hydrogens (tertiary/aromatic N) is 2. The number of nitrogens with one attached hydrogen (secondary N) is 1. The molecule has 1 saturated heterocycles. The Bertz CT molecular complexity index is 1270. The molecule has 184 valence electrons. The van der Waals surface area contributed by atoms with Crippen LogP contribution in [0.3, 0.4) is 0 Å². The first-order valence-corrected chi connectivity index (χ1v) is 12.0. The molecule has 2 aromatic carbocycles. The Morgan fingerprint density at radius 2 is 1.89 bits per heavy atom. The minimum Gasteiger partial charge on any atom is -0.493 e. The third-order valence-corrected chi connectivity index (χ3v) is 6.77. The highest BCUT2D eigenvalue weighted by atomic mass is 16.5. The molecular formula is C27H31N3O5. The lowest BCUT2D eigenvalue weighted by Crippen LogP contribution is -2.63. The van der Waals surface area contributed by atoms with Crippen LogP contribution in [0.5, 0.6) is 11.5 Å². The summed E-state index contributed by atoms with van der Waals surface area (Å²) >= 11 is 0. The highest BCUT2D eigenvalue weighted by Crippen LogP contribution is 2.44. The van der Waals surface area contributed by atoms with Crippen LogP contribution in [0.2, 0.25) is 0 Å². The van der Waals surface area contributed by atoms with E-state index in [1.165, 1.54) is 0 Å². The van der Waals surface area contributed by atoms with Gasteiger partial charge in [0.1, 0.15) is 6.04 Å². The lowest BCUT2D eigenvalue weighted by atomic mass is 9.86. The summed E-state index contributed by atoms with van der Waals surface area (Å²) < 4.78 is 16.7. The zero-order valence-electron chi connectivity index (χ0n) is 20.5. The fraction of sp³-hybridized carbons (Fsp3) is 0.407. The minimum atomic E-state index is -0.581. The van der Waals surface area contributed by atoms with Crippen LogP contribution in [0.1, 0.15) is 36.7 Å². The molecule has 2 aliphatic heterocycles. The summed E-state index contributed by atoms with van der Waals surface area (Å²) in [6.45, 7) is 4.75. The highest BCUT2D eigenvalue weighted by Gasteiger charge is 2.48. The summed E-state index contributed by atoms with van der Waals surface area (Å²) in [6, 6.07) is 12.8. The van der Waals surface area contributed by atoms with Crippen molar-refractivity contribution in [3.05, 3.63) is 59.3 Å². The Morgan fingerprint density at radius 3 is 2.63 bits per heavy atom. The number of amides is 2. The Morgan fingerprint density at radius 1 is 1.09 bits per heavy atom. The van der Waals surface area contributed by atoms with Crippen LogP contribution < -0.4 is 9.47 Å². The van der Waals surface area contributed by atoms with Gasteiger partial charge in [0.2, 0.25) is 11.8 Å². The minimum absolute atomic E-state index is 0.00602. The van der Waals surface area contributed by atoms with Crippen molar-refractivity contribution in [2.75, 3.05) is 33.9 Å². The van der Waals surface area contributed by atoms with Crippen molar-refractivity contribution in [1.82, 2.24) is 14.8 Å². The maximum Gasteiger partial charge on any atom is 0.246 e. The van der Waals surface area contributed by atoms with E-state index < -0.39 is 12.1 Å². The molecule has 1 aromatic heterocycles. The molecule has 2 aliphatic rings. The number of fused-ring (bicyclic) bond motifs is 4. The molecule has 0 radical (unpaired) electrons. The number of methoxy groups -OCH3 is 2. The number of rotatable bonds is 7. The summed E-state index contributed by atoms with van der Waals surface area (Å²) in [4.78, 5) is 34.0. The van der Waals surface area contributed by atoms with E-state index in [-0.39, 0.29) is 24.5 Å². The predicted octanol–water partition coefficient (Wildman–Crippen LogP) is 3.30. The molecule has 1 unspecified atom stereocenters. The highest BCUT2D eigenvalue weighted by molar-refractivity contribution is 5.97. The van der Waals surface area contributed by atoms with Gasteiger partial charge in [-0.05, 0) is 43.2 Å². The maximum absolute atomic E-state index is 13.6. The van der Waals surface area contributed by atoms with Gasteiger partial charge in [0.15, 0.2) is 11.5 Å². The van der Waals surface area contributed by atoms with Gasteiger partial charge in [-0.3, -0.25) is 9.59 Å². The summed E-state index contributed by atoms with van der Waals surface area (Å²) in [5, 5.41) is 1.08. The molecule has 3 aromatic rings. The van der Waals surface area contributed by atoms with Crippen molar-refractivity contribution in [1.29, 1.82) is 0 Å². The average molecular weight is 478 g/mol. The van der Waals surface area contributed by atoms with Crippen LogP contribution >= 0.6 is 0 Å². The van der Waals surface area contributed by atoms with Crippen LogP contribution in [0.4, 0.5) is 0 Å². The number of carbonyl (C=O) groups excluding carboxylic acids is 2. The molecule has 35 heavy (non-hydrogen) atoms. The number of hydrogen-bond donors (Lipinski definition) is 1. The average Bonchev–Trinajstić information content (AvgIpc) is 3.22. The molecule has 2 amide bonds. The number of H-pyrrole nitrogens is 1. The lowest BCUT2D eigenvalue weighted by Gasteiger charge is -2.47. The lowest BCUT2D eigenvalue weighted by molar-refractivity contribution is -0.159. The number of aromatic amines is 1. The summed E-state index contributed by atoms with van der Waals surface area (Å²) in [7, 11) is 3.20. The standard InChI is InChI=1S/C27H31N3O5/c1-16(2)35-22-10-9-17(13-23(22)34-4)26-25-19(18-7-5-6-8-20(18)28-25)14-21-27(32)29(11-12-33-3)15-24(31)30(21)26/h5-10,13,16,21,26,28H,11-12,14-15H2,1-4H3/t21-,26?/m0/s1. The van der Waals surface area contributed by atoms with E-state index in [1.807, 2.05) is 50.2 Å². The Hall–Kier alpha value is -3.52. The second-order valence-electron chi connectivity index (χ2n) is 9.32. The van der Waals surface area contributed by atoms with Crippen molar-refractivity contribution in [2.24, 2.45) is 0 Å². The summed E-state index contributed by atoms with van der Waals surface area (Å²) in [5.74, 6) is 1.10. The number of aromatic nitrogens is 1. The van der Waals surface area contributed by atoms with Gasteiger partial charge in [0.25, 0.3) is 0 Å². The topological polar surface area (TPSA) is 84.1 Å². The molecule has 0 aliphatic carbocycles. The van der Waals surface area contributed by atoms with Crippen LogP contribution in [0.25, 0.3) is 10.9 Å². The van der Waals surface area contributed by atoms with Crippen molar-refractivity contribution >= 4 is 22.7 Å². The van der Waals surface area contributed by atoms with Crippen molar-refractivity contribution in [2.45, 2.75) is 38.5 Å². The van der Waals surface area contributed by atoms with E-state index in [0.717, 1.165) is 27.7 Å². The van der Waals surface area contributed by atoms with Gasteiger partial charge >= 0.3 is 0 Å².